The van der Waals surface area contributed by atoms with Gasteiger partial charge in [-0.05, 0) is 43.6 Å². The van der Waals surface area contributed by atoms with Crippen LogP contribution in [0.3, 0.4) is 0 Å². The van der Waals surface area contributed by atoms with Crippen molar-refractivity contribution in [2.75, 3.05) is 13.1 Å². The summed E-state index contributed by atoms with van der Waals surface area (Å²) >= 11 is 6.43. The molecule has 2 aromatic rings. The summed E-state index contributed by atoms with van der Waals surface area (Å²) in [5, 5.41) is 9.23. The molecule has 0 unspecified atom stereocenters. The molecule has 0 bridgehead atoms. The number of pyridine rings is 1. The normalized spacial score (nSPS) is 17.2. The largest absolute Gasteiger partial charge is 0.299 e. The third-order valence-electron chi connectivity index (χ3n) is 3.92. The van der Waals surface area contributed by atoms with Crippen LogP contribution in [0.5, 0.6) is 0 Å². The first-order chi connectivity index (χ1) is 9.65. The first-order valence-corrected chi connectivity index (χ1v) is 7.79. The monoisotopic (exact) mass is 292 g/mol. The van der Waals surface area contributed by atoms with Crippen LogP contribution >= 0.6 is 11.6 Å². The number of piperidine rings is 1. The van der Waals surface area contributed by atoms with Gasteiger partial charge in [0.1, 0.15) is 11.0 Å². The molecule has 5 heteroatoms. The maximum atomic E-state index is 6.43. The average molecular weight is 293 g/mol. The van der Waals surface area contributed by atoms with Crippen LogP contribution < -0.4 is 0 Å². The lowest BCUT2D eigenvalue weighted by atomic mass is 10.1. The smallest absolute Gasteiger partial charge is 0.162 e. The number of aromatic nitrogens is 3. The van der Waals surface area contributed by atoms with Gasteiger partial charge in [-0.15, -0.1) is 10.2 Å². The minimum atomic E-state index is 0.315. The molecule has 0 aliphatic carbocycles. The van der Waals surface area contributed by atoms with E-state index in [9.17, 15) is 0 Å². The van der Waals surface area contributed by atoms with Gasteiger partial charge in [-0.2, -0.15) is 0 Å². The highest BCUT2D eigenvalue weighted by Gasteiger charge is 2.15. The van der Waals surface area contributed by atoms with Crippen LogP contribution in [0.15, 0.2) is 12.1 Å². The Morgan fingerprint density at radius 2 is 1.90 bits per heavy atom. The van der Waals surface area contributed by atoms with Crippen LogP contribution in [0.4, 0.5) is 0 Å². The van der Waals surface area contributed by atoms with Crippen LogP contribution in [0.25, 0.3) is 5.65 Å². The summed E-state index contributed by atoms with van der Waals surface area (Å²) in [5.41, 5.74) is 2.08. The van der Waals surface area contributed by atoms with E-state index < -0.39 is 0 Å². The summed E-state index contributed by atoms with van der Waals surface area (Å²) in [5.74, 6) is 1.24. The third kappa shape index (κ3) is 2.67. The van der Waals surface area contributed by atoms with Gasteiger partial charge in [0.25, 0.3) is 0 Å². The minimum absolute atomic E-state index is 0.315. The van der Waals surface area contributed by atoms with E-state index in [0.29, 0.717) is 11.1 Å². The molecule has 0 N–H and O–H groups in total. The molecule has 0 aromatic carbocycles. The zero-order valence-electron chi connectivity index (χ0n) is 12.1. The molecule has 0 amide bonds. The maximum absolute atomic E-state index is 6.43. The Hall–Kier alpha value is -1.13. The predicted octanol–water partition coefficient (Wildman–Crippen LogP) is 3.49. The van der Waals surface area contributed by atoms with E-state index >= 15 is 0 Å². The molecular weight excluding hydrogens is 272 g/mol. The van der Waals surface area contributed by atoms with Crippen LogP contribution in [-0.2, 0) is 6.54 Å². The summed E-state index contributed by atoms with van der Waals surface area (Å²) in [6, 6.07) is 4.16. The van der Waals surface area contributed by atoms with E-state index in [0.717, 1.165) is 18.0 Å². The molecule has 0 atom stereocenters. The number of hydrogen-bond acceptors (Lipinski definition) is 3. The maximum Gasteiger partial charge on any atom is 0.162 e. The van der Waals surface area contributed by atoms with Crippen LogP contribution in [0.1, 0.15) is 50.4 Å². The second-order valence-corrected chi connectivity index (χ2v) is 6.32. The first-order valence-electron chi connectivity index (χ1n) is 7.41. The SMILES string of the molecule is CC(C)c1nnc2cc(CN3CCCCC3)cc(Cl)n12. The van der Waals surface area contributed by atoms with Gasteiger partial charge in [0.05, 0.1) is 0 Å². The lowest BCUT2D eigenvalue weighted by molar-refractivity contribution is 0.221. The molecular formula is C15H21ClN4. The number of likely N-dealkylation sites (tertiary alicyclic amines) is 1. The summed E-state index contributed by atoms with van der Waals surface area (Å²) < 4.78 is 1.95. The van der Waals surface area contributed by atoms with Gasteiger partial charge in [0.2, 0.25) is 0 Å². The van der Waals surface area contributed by atoms with Gasteiger partial charge in [-0.25, -0.2) is 0 Å². The lowest BCUT2D eigenvalue weighted by Gasteiger charge is -2.26. The Morgan fingerprint density at radius 1 is 1.15 bits per heavy atom. The molecule has 2 aromatic heterocycles. The van der Waals surface area contributed by atoms with Crippen molar-refractivity contribution >= 4 is 17.2 Å². The molecule has 1 saturated heterocycles. The van der Waals surface area contributed by atoms with Crippen molar-refractivity contribution in [1.29, 1.82) is 0 Å². The summed E-state index contributed by atoms with van der Waals surface area (Å²) in [6.45, 7) is 7.54. The van der Waals surface area contributed by atoms with Crippen molar-refractivity contribution in [2.45, 2.75) is 45.6 Å². The summed E-state index contributed by atoms with van der Waals surface area (Å²) in [4.78, 5) is 2.49. The third-order valence-corrected chi connectivity index (χ3v) is 4.20. The molecule has 0 radical (unpaired) electrons. The molecule has 0 saturated carbocycles. The quantitative estimate of drug-likeness (QED) is 0.812. The lowest BCUT2D eigenvalue weighted by Crippen LogP contribution is -2.29. The molecule has 108 valence electrons. The highest BCUT2D eigenvalue weighted by Crippen LogP contribution is 2.22. The van der Waals surface area contributed by atoms with Gasteiger partial charge in [-0.3, -0.25) is 9.30 Å². The fourth-order valence-corrected chi connectivity index (χ4v) is 3.20. The van der Waals surface area contributed by atoms with E-state index in [4.69, 9.17) is 11.6 Å². The summed E-state index contributed by atoms with van der Waals surface area (Å²) in [6.07, 6.45) is 3.97. The van der Waals surface area contributed by atoms with E-state index in [1.54, 1.807) is 0 Å². The molecule has 4 nitrogen and oxygen atoms in total. The van der Waals surface area contributed by atoms with Gasteiger partial charge in [0, 0.05) is 12.5 Å². The van der Waals surface area contributed by atoms with E-state index in [-0.39, 0.29) is 0 Å². The van der Waals surface area contributed by atoms with Crippen molar-refractivity contribution in [1.82, 2.24) is 19.5 Å². The highest BCUT2D eigenvalue weighted by atomic mass is 35.5. The van der Waals surface area contributed by atoms with Gasteiger partial charge in [-0.1, -0.05) is 31.9 Å². The molecule has 1 aliphatic heterocycles. The number of fused-ring (bicyclic) bond motifs is 1. The van der Waals surface area contributed by atoms with Crippen LogP contribution in [-0.4, -0.2) is 32.6 Å². The zero-order valence-corrected chi connectivity index (χ0v) is 12.9. The molecule has 1 aliphatic rings. The molecule has 3 rings (SSSR count). The van der Waals surface area contributed by atoms with Gasteiger partial charge in [0.15, 0.2) is 5.65 Å². The molecule has 0 spiro atoms. The Bertz CT molecular complexity index is 599. The van der Waals surface area contributed by atoms with Crippen molar-refractivity contribution in [3.63, 3.8) is 0 Å². The average Bonchev–Trinajstić information content (AvgIpc) is 2.84. The fraction of sp³-hybridized carbons (Fsp3) is 0.600. The fourth-order valence-electron chi connectivity index (χ4n) is 2.89. The van der Waals surface area contributed by atoms with Gasteiger partial charge >= 0.3 is 0 Å². The number of hydrogen-bond donors (Lipinski definition) is 0. The number of nitrogens with zero attached hydrogens (tertiary/aromatic N) is 4. The Balaban J connectivity index is 1.90. The van der Waals surface area contributed by atoms with Crippen LogP contribution in [0.2, 0.25) is 5.15 Å². The van der Waals surface area contributed by atoms with Crippen molar-refractivity contribution in [2.24, 2.45) is 0 Å². The van der Waals surface area contributed by atoms with E-state index in [1.807, 2.05) is 4.40 Å². The van der Waals surface area contributed by atoms with E-state index in [2.05, 4.69) is 41.1 Å². The zero-order chi connectivity index (χ0) is 14.1. The number of rotatable bonds is 3. The topological polar surface area (TPSA) is 33.4 Å². The Labute approximate surface area is 124 Å². The molecule has 3 heterocycles. The van der Waals surface area contributed by atoms with Crippen molar-refractivity contribution in [3.05, 3.63) is 28.7 Å². The molecule has 1 fully saturated rings. The predicted molar refractivity (Wildman–Crippen MR) is 81.2 cm³/mol. The molecule has 20 heavy (non-hydrogen) atoms. The van der Waals surface area contributed by atoms with Crippen molar-refractivity contribution in [3.8, 4) is 0 Å². The minimum Gasteiger partial charge on any atom is -0.299 e. The standard InChI is InChI=1S/C15H21ClN4/c1-11(2)15-18-17-14-9-12(8-13(16)20(14)15)10-19-6-4-3-5-7-19/h8-9,11H,3-7,10H2,1-2H3. The van der Waals surface area contributed by atoms with Crippen LogP contribution in [0, 0.1) is 0 Å². The summed E-state index contributed by atoms with van der Waals surface area (Å²) in [7, 11) is 0. The highest BCUT2D eigenvalue weighted by molar-refractivity contribution is 6.29. The van der Waals surface area contributed by atoms with Gasteiger partial charge < -0.3 is 0 Å². The van der Waals surface area contributed by atoms with Crippen molar-refractivity contribution < 1.29 is 0 Å². The second-order valence-electron chi connectivity index (χ2n) is 5.93. The Morgan fingerprint density at radius 3 is 2.60 bits per heavy atom. The van der Waals surface area contributed by atoms with E-state index in [1.165, 1.54) is 37.9 Å². The second kappa shape index (κ2) is 5.70. The first kappa shape index (κ1) is 13.8. The Kier molecular flexibility index (Phi) is 3.94. The number of halogens is 1.